The first-order valence-electron chi connectivity index (χ1n) is 9.04. The quantitative estimate of drug-likeness (QED) is 0.658. The molecule has 146 valence electrons. The Hall–Kier alpha value is -2.86. The van der Waals surface area contributed by atoms with E-state index >= 15 is 0 Å². The first kappa shape index (κ1) is 19.9. The highest BCUT2D eigenvalue weighted by Crippen LogP contribution is 2.26. The molecule has 3 aromatic carbocycles. The minimum absolute atomic E-state index is 0.106. The van der Waals surface area contributed by atoms with Crippen LogP contribution in [0.4, 0.5) is 5.69 Å². The van der Waals surface area contributed by atoms with E-state index in [-0.39, 0.29) is 11.7 Å². The van der Waals surface area contributed by atoms with Gasteiger partial charge in [0.15, 0.2) is 6.10 Å². The van der Waals surface area contributed by atoms with Gasteiger partial charge >= 0.3 is 0 Å². The molecule has 1 amide bonds. The SMILES string of the molecule is CC(Oc1cccc2ccccc12)C(=O)Nc1ccc(CCS(C)(=O)=O)cc1. The molecule has 0 radical (unpaired) electrons. The van der Waals surface area contributed by atoms with Crippen LogP contribution in [0.1, 0.15) is 12.5 Å². The van der Waals surface area contributed by atoms with Crippen molar-refractivity contribution in [3.05, 3.63) is 72.3 Å². The molecule has 1 atom stereocenters. The van der Waals surface area contributed by atoms with Crippen molar-refractivity contribution in [3.63, 3.8) is 0 Å². The number of carbonyl (C=O) groups excluding carboxylic acids is 1. The van der Waals surface area contributed by atoms with Crippen LogP contribution in [0.25, 0.3) is 10.8 Å². The summed E-state index contributed by atoms with van der Waals surface area (Å²) in [7, 11) is -2.99. The fraction of sp³-hybridized carbons (Fsp3) is 0.227. The van der Waals surface area contributed by atoms with E-state index in [2.05, 4.69) is 5.32 Å². The number of rotatable bonds is 7. The van der Waals surface area contributed by atoms with Crippen molar-refractivity contribution in [3.8, 4) is 5.75 Å². The van der Waals surface area contributed by atoms with E-state index in [0.717, 1.165) is 16.3 Å². The minimum atomic E-state index is -2.99. The van der Waals surface area contributed by atoms with Gasteiger partial charge in [-0.25, -0.2) is 8.42 Å². The molecule has 0 bridgehead atoms. The number of sulfone groups is 1. The third-order valence-electron chi connectivity index (χ3n) is 4.41. The Balaban J connectivity index is 1.62. The summed E-state index contributed by atoms with van der Waals surface area (Å²) in [6, 6.07) is 20.8. The number of hydrogen-bond donors (Lipinski definition) is 1. The molecule has 3 rings (SSSR count). The maximum atomic E-state index is 12.5. The molecular formula is C22H23NO4S. The van der Waals surface area contributed by atoms with Gasteiger partial charge in [-0.15, -0.1) is 0 Å². The van der Waals surface area contributed by atoms with E-state index in [1.54, 1.807) is 19.1 Å². The monoisotopic (exact) mass is 397 g/mol. The van der Waals surface area contributed by atoms with Gasteiger partial charge in [-0.1, -0.05) is 48.5 Å². The molecule has 3 aromatic rings. The number of ether oxygens (including phenoxy) is 1. The number of nitrogens with one attached hydrogen (secondary N) is 1. The summed E-state index contributed by atoms with van der Waals surface area (Å²) in [5.74, 6) is 0.517. The molecular weight excluding hydrogens is 374 g/mol. The number of benzene rings is 3. The summed E-state index contributed by atoms with van der Waals surface area (Å²) in [4.78, 5) is 12.5. The summed E-state index contributed by atoms with van der Waals surface area (Å²) >= 11 is 0. The molecule has 0 aliphatic heterocycles. The second kappa shape index (κ2) is 8.44. The van der Waals surface area contributed by atoms with Crippen LogP contribution in [0.3, 0.4) is 0 Å². The van der Waals surface area contributed by atoms with Gasteiger partial charge in [0.2, 0.25) is 0 Å². The molecule has 6 heteroatoms. The van der Waals surface area contributed by atoms with Crippen LogP contribution in [0.5, 0.6) is 5.75 Å². The summed E-state index contributed by atoms with van der Waals surface area (Å²) in [6.07, 6.45) is 1.00. The Bertz CT molecular complexity index is 1070. The van der Waals surface area contributed by atoms with Gasteiger partial charge in [0.25, 0.3) is 5.91 Å². The number of anilines is 1. The Kier molecular flexibility index (Phi) is 5.99. The second-order valence-corrected chi connectivity index (χ2v) is 9.06. The first-order valence-corrected chi connectivity index (χ1v) is 11.1. The Morgan fingerprint density at radius 1 is 1.00 bits per heavy atom. The molecule has 1 unspecified atom stereocenters. The minimum Gasteiger partial charge on any atom is -0.480 e. The van der Waals surface area contributed by atoms with E-state index in [9.17, 15) is 13.2 Å². The molecule has 0 spiro atoms. The molecule has 0 aliphatic carbocycles. The van der Waals surface area contributed by atoms with Gasteiger partial charge in [0.05, 0.1) is 5.75 Å². The topological polar surface area (TPSA) is 72.5 Å². The van der Waals surface area contributed by atoms with Crippen LogP contribution in [-0.4, -0.2) is 32.4 Å². The highest BCUT2D eigenvalue weighted by atomic mass is 32.2. The van der Waals surface area contributed by atoms with Crippen LogP contribution in [0, 0.1) is 0 Å². The third kappa shape index (κ3) is 5.33. The van der Waals surface area contributed by atoms with Crippen molar-refractivity contribution in [2.75, 3.05) is 17.3 Å². The lowest BCUT2D eigenvalue weighted by atomic mass is 10.1. The molecule has 0 fully saturated rings. The fourth-order valence-electron chi connectivity index (χ4n) is 2.84. The largest absolute Gasteiger partial charge is 0.480 e. The van der Waals surface area contributed by atoms with Crippen LogP contribution < -0.4 is 10.1 Å². The van der Waals surface area contributed by atoms with Gasteiger partial charge in [-0.3, -0.25) is 4.79 Å². The van der Waals surface area contributed by atoms with Crippen molar-refractivity contribution in [1.82, 2.24) is 0 Å². The molecule has 0 saturated heterocycles. The van der Waals surface area contributed by atoms with Gasteiger partial charge < -0.3 is 10.1 Å². The van der Waals surface area contributed by atoms with E-state index in [4.69, 9.17) is 4.74 Å². The van der Waals surface area contributed by atoms with Gasteiger partial charge in [0.1, 0.15) is 15.6 Å². The molecule has 28 heavy (non-hydrogen) atoms. The summed E-state index contributed by atoms with van der Waals surface area (Å²) in [5, 5.41) is 4.84. The number of amides is 1. The lowest BCUT2D eigenvalue weighted by Gasteiger charge is -2.16. The Labute approximate surface area is 165 Å². The first-order chi connectivity index (χ1) is 13.3. The summed E-state index contributed by atoms with van der Waals surface area (Å²) < 4.78 is 28.4. The summed E-state index contributed by atoms with van der Waals surface area (Å²) in [6.45, 7) is 1.71. The zero-order valence-electron chi connectivity index (χ0n) is 15.9. The average molecular weight is 397 g/mol. The van der Waals surface area contributed by atoms with Gasteiger partial charge in [0, 0.05) is 17.3 Å². The van der Waals surface area contributed by atoms with Crippen molar-refractivity contribution in [2.24, 2.45) is 0 Å². The van der Waals surface area contributed by atoms with Crippen LogP contribution in [0.15, 0.2) is 66.7 Å². The lowest BCUT2D eigenvalue weighted by Crippen LogP contribution is -2.30. The summed E-state index contributed by atoms with van der Waals surface area (Å²) in [5.41, 5.74) is 1.55. The number of hydrogen-bond acceptors (Lipinski definition) is 4. The standard InChI is InChI=1S/C22H23NO4S/c1-16(27-21-9-5-7-18-6-3-4-8-20(18)21)22(24)23-19-12-10-17(11-13-19)14-15-28(2,25)26/h3-13,16H,14-15H2,1-2H3,(H,23,24). The van der Waals surface area contributed by atoms with Crippen LogP contribution in [0.2, 0.25) is 0 Å². The lowest BCUT2D eigenvalue weighted by molar-refractivity contribution is -0.122. The normalized spacial score (nSPS) is 12.5. The predicted molar refractivity (Wildman–Crippen MR) is 113 cm³/mol. The molecule has 0 aliphatic rings. The number of fused-ring (bicyclic) bond motifs is 1. The van der Waals surface area contributed by atoms with E-state index in [1.807, 2.05) is 54.6 Å². The molecule has 0 heterocycles. The van der Waals surface area contributed by atoms with Crippen LogP contribution >= 0.6 is 0 Å². The molecule has 0 aromatic heterocycles. The van der Waals surface area contributed by atoms with Crippen molar-refractivity contribution in [1.29, 1.82) is 0 Å². The van der Waals surface area contributed by atoms with Crippen molar-refractivity contribution >= 4 is 32.2 Å². The van der Waals surface area contributed by atoms with E-state index < -0.39 is 15.9 Å². The maximum absolute atomic E-state index is 12.5. The van der Waals surface area contributed by atoms with Crippen LogP contribution in [-0.2, 0) is 21.1 Å². The highest BCUT2D eigenvalue weighted by Gasteiger charge is 2.16. The van der Waals surface area contributed by atoms with Crippen molar-refractivity contribution < 1.29 is 17.9 Å². The average Bonchev–Trinajstić information content (AvgIpc) is 2.67. The number of carbonyl (C=O) groups is 1. The Morgan fingerprint density at radius 3 is 2.39 bits per heavy atom. The van der Waals surface area contributed by atoms with E-state index in [1.165, 1.54) is 6.26 Å². The maximum Gasteiger partial charge on any atom is 0.265 e. The Morgan fingerprint density at radius 2 is 1.68 bits per heavy atom. The smallest absolute Gasteiger partial charge is 0.265 e. The van der Waals surface area contributed by atoms with Gasteiger partial charge in [-0.2, -0.15) is 0 Å². The molecule has 5 nitrogen and oxygen atoms in total. The molecule has 1 N–H and O–H groups in total. The predicted octanol–water partition coefficient (Wildman–Crippen LogP) is 3.83. The third-order valence-corrected chi connectivity index (χ3v) is 5.35. The highest BCUT2D eigenvalue weighted by molar-refractivity contribution is 7.90. The zero-order valence-corrected chi connectivity index (χ0v) is 16.7. The second-order valence-electron chi connectivity index (χ2n) is 6.80. The number of aryl methyl sites for hydroxylation is 1. The van der Waals surface area contributed by atoms with E-state index in [0.29, 0.717) is 17.9 Å². The fourth-order valence-corrected chi connectivity index (χ4v) is 3.45. The van der Waals surface area contributed by atoms with Gasteiger partial charge in [-0.05, 0) is 42.5 Å². The zero-order chi connectivity index (χ0) is 20.1. The molecule has 0 saturated carbocycles. The van der Waals surface area contributed by atoms with Crippen molar-refractivity contribution in [2.45, 2.75) is 19.4 Å².